The van der Waals surface area contributed by atoms with Gasteiger partial charge in [0.15, 0.2) is 0 Å². The summed E-state index contributed by atoms with van der Waals surface area (Å²) in [5.41, 5.74) is 8.56. The zero-order chi connectivity index (χ0) is 13.7. The molecule has 2 nitrogen and oxygen atoms in total. The van der Waals surface area contributed by atoms with E-state index in [-0.39, 0.29) is 0 Å². The van der Waals surface area contributed by atoms with Crippen LogP contribution in [0, 0.1) is 0 Å². The fraction of sp³-hybridized carbons (Fsp3) is 0.625. The lowest BCUT2D eigenvalue weighted by Gasteiger charge is -2.33. The van der Waals surface area contributed by atoms with Crippen molar-refractivity contribution in [2.75, 3.05) is 18.0 Å². The molecule has 1 aromatic carbocycles. The summed E-state index contributed by atoms with van der Waals surface area (Å²) in [5.74, 6) is 0. The van der Waals surface area contributed by atoms with Crippen LogP contribution in [0.3, 0.4) is 0 Å². The van der Waals surface area contributed by atoms with Gasteiger partial charge in [0.25, 0.3) is 0 Å². The largest absolute Gasteiger partial charge is 0.368 e. The molecule has 1 heterocycles. The fourth-order valence-electron chi connectivity index (χ4n) is 3.09. The molecule has 106 valence electrons. The lowest BCUT2D eigenvalue weighted by molar-refractivity contribution is 0.555. The standard InChI is InChI=1S/C16H25BrN2/c1-2-15-6-4-3-5-11-19(15)16-12-14(17)8-7-13(16)9-10-18/h7-8,12,15H,2-6,9-11,18H2,1H3. The summed E-state index contributed by atoms with van der Waals surface area (Å²) in [7, 11) is 0. The molecule has 1 aromatic rings. The van der Waals surface area contributed by atoms with E-state index in [0.29, 0.717) is 6.04 Å². The molecular weight excluding hydrogens is 300 g/mol. The maximum Gasteiger partial charge on any atom is 0.0413 e. The summed E-state index contributed by atoms with van der Waals surface area (Å²) < 4.78 is 1.17. The predicted octanol–water partition coefficient (Wildman–Crippen LogP) is 4.11. The van der Waals surface area contributed by atoms with E-state index in [1.165, 1.54) is 54.4 Å². The first-order chi connectivity index (χ1) is 9.26. The van der Waals surface area contributed by atoms with Crippen LogP contribution in [0.15, 0.2) is 22.7 Å². The smallest absolute Gasteiger partial charge is 0.0413 e. The van der Waals surface area contributed by atoms with E-state index in [9.17, 15) is 0 Å². The molecule has 0 spiro atoms. The van der Waals surface area contributed by atoms with Gasteiger partial charge in [0.05, 0.1) is 0 Å². The Balaban J connectivity index is 2.33. The highest BCUT2D eigenvalue weighted by molar-refractivity contribution is 9.10. The van der Waals surface area contributed by atoms with E-state index in [0.717, 1.165) is 13.0 Å². The average Bonchev–Trinajstić information content (AvgIpc) is 2.66. The van der Waals surface area contributed by atoms with Gasteiger partial charge in [0.1, 0.15) is 0 Å². The van der Waals surface area contributed by atoms with Crippen LogP contribution in [-0.4, -0.2) is 19.1 Å². The van der Waals surface area contributed by atoms with Crippen LogP contribution in [0.2, 0.25) is 0 Å². The molecule has 0 bridgehead atoms. The van der Waals surface area contributed by atoms with Gasteiger partial charge in [0, 0.05) is 22.7 Å². The quantitative estimate of drug-likeness (QED) is 0.903. The number of hydrogen-bond acceptors (Lipinski definition) is 2. The SMILES string of the molecule is CCC1CCCCCN1c1cc(Br)ccc1CCN. The Hall–Kier alpha value is -0.540. The van der Waals surface area contributed by atoms with Crippen LogP contribution < -0.4 is 10.6 Å². The Kier molecular flexibility index (Phi) is 5.71. The van der Waals surface area contributed by atoms with Crippen LogP contribution in [0.25, 0.3) is 0 Å². The first kappa shape index (κ1) is 14.9. The van der Waals surface area contributed by atoms with Gasteiger partial charge >= 0.3 is 0 Å². The molecule has 3 heteroatoms. The third-order valence-corrected chi connectivity index (χ3v) is 4.61. The van der Waals surface area contributed by atoms with Crippen LogP contribution in [0.4, 0.5) is 5.69 Å². The maximum atomic E-state index is 5.76. The number of benzene rings is 1. The van der Waals surface area contributed by atoms with Crippen molar-refractivity contribution in [1.29, 1.82) is 0 Å². The first-order valence-electron chi connectivity index (χ1n) is 7.51. The molecule has 1 aliphatic heterocycles. The zero-order valence-corrected chi connectivity index (χ0v) is 13.5. The van der Waals surface area contributed by atoms with E-state index >= 15 is 0 Å². The molecule has 0 radical (unpaired) electrons. The second-order valence-corrected chi connectivity index (χ2v) is 6.33. The van der Waals surface area contributed by atoms with Gasteiger partial charge in [-0.1, -0.05) is 41.8 Å². The van der Waals surface area contributed by atoms with Crippen molar-refractivity contribution in [3.05, 3.63) is 28.2 Å². The van der Waals surface area contributed by atoms with Crippen LogP contribution in [0.5, 0.6) is 0 Å². The number of halogens is 1. The Labute approximate surface area is 125 Å². The molecule has 1 fully saturated rings. The van der Waals surface area contributed by atoms with Crippen molar-refractivity contribution >= 4 is 21.6 Å². The van der Waals surface area contributed by atoms with Crippen molar-refractivity contribution in [3.63, 3.8) is 0 Å². The molecule has 0 amide bonds. The second-order valence-electron chi connectivity index (χ2n) is 5.42. The molecule has 1 atom stereocenters. The van der Waals surface area contributed by atoms with E-state index in [4.69, 9.17) is 5.73 Å². The van der Waals surface area contributed by atoms with Crippen LogP contribution in [0.1, 0.15) is 44.6 Å². The molecule has 2 rings (SSSR count). The Morgan fingerprint density at radius 1 is 1.32 bits per heavy atom. The summed E-state index contributed by atoms with van der Waals surface area (Å²) in [5, 5.41) is 0. The highest BCUT2D eigenvalue weighted by Gasteiger charge is 2.21. The lowest BCUT2D eigenvalue weighted by Crippen LogP contribution is -2.35. The van der Waals surface area contributed by atoms with Crippen molar-refractivity contribution in [1.82, 2.24) is 0 Å². The summed E-state index contributed by atoms with van der Waals surface area (Å²) in [6, 6.07) is 7.32. The molecule has 1 unspecified atom stereocenters. The topological polar surface area (TPSA) is 29.3 Å². The highest BCUT2D eigenvalue weighted by atomic mass is 79.9. The minimum Gasteiger partial charge on any atom is -0.368 e. The van der Waals surface area contributed by atoms with Crippen molar-refractivity contribution in [3.8, 4) is 0 Å². The third kappa shape index (κ3) is 3.73. The van der Waals surface area contributed by atoms with Crippen molar-refractivity contribution in [2.24, 2.45) is 5.73 Å². The van der Waals surface area contributed by atoms with E-state index in [1.807, 2.05) is 0 Å². The summed E-state index contributed by atoms with van der Waals surface area (Å²) in [6.07, 6.45) is 7.57. The number of rotatable bonds is 4. The molecular formula is C16H25BrN2. The van der Waals surface area contributed by atoms with Crippen LogP contribution in [-0.2, 0) is 6.42 Å². The second kappa shape index (κ2) is 7.30. The molecule has 2 N–H and O–H groups in total. The van der Waals surface area contributed by atoms with E-state index < -0.39 is 0 Å². The van der Waals surface area contributed by atoms with Gasteiger partial charge in [0.2, 0.25) is 0 Å². The number of nitrogens with zero attached hydrogens (tertiary/aromatic N) is 1. The Morgan fingerprint density at radius 2 is 2.16 bits per heavy atom. The molecule has 0 aliphatic carbocycles. The maximum absolute atomic E-state index is 5.76. The van der Waals surface area contributed by atoms with Gasteiger partial charge in [-0.3, -0.25) is 0 Å². The van der Waals surface area contributed by atoms with Crippen molar-refractivity contribution in [2.45, 2.75) is 51.5 Å². The van der Waals surface area contributed by atoms with Gasteiger partial charge < -0.3 is 10.6 Å². The first-order valence-corrected chi connectivity index (χ1v) is 8.30. The summed E-state index contributed by atoms with van der Waals surface area (Å²) >= 11 is 3.62. The van der Waals surface area contributed by atoms with E-state index in [2.05, 4.69) is 46.0 Å². The van der Waals surface area contributed by atoms with Gasteiger partial charge in [-0.25, -0.2) is 0 Å². The summed E-state index contributed by atoms with van der Waals surface area (Å²) in [4.78, 5) is 2.63. The third-order valence-electron chi connectivity index (χ3n) is 4.12. The predicted molar refractivity (Wildman–Crippen MR) is 86.8 cm³/mol. The summed E-state index contributed by atoms with van der Waals surface area (Å²) in [6.45, 7) is 4.22. The molecule has 19 heavy (non-hydrogen) atoms. The number of nitrogens with two attached hydrogens (primary N) is 1. The normalized spacial score (nSPS) is 20.4. The molecule has 1 saturated heterocycles. The highest BCUT2D eigenvalue weighted by Crippen LogP contribution is 2.31. The van der Waals surface area contributed by atoms with Gasteiger partial charge in [-0.2, -0.15) is 0 Å². The fourth-order valence-corrected chi connectivity index (χ4v) is 3.44. The Morgan fingerprint density at radius 3 is 2.89 bits per heavy atom. The monoisotopic (exact) mass is 324 g/mol. The molecule has 0 aromatic heterocycles. The number of anilines is 1. The minimum absolute atomic E-state index is 0.688. The van der Waals surface area contributed by atoms with Gasteiger partial charge in [-0.05, 0) is 49.9 Å². The van der Waals surface area contributed by atoms with Gasteiger partial charge in [-0.15, -0.1) is 0 Å². The Bertz CT molecular complexity index is 406. The number of hydrogen-bond donors (Lipinski definition) is 1. The van der Waals surface area contributed by atoms with Crippen molar-refractivity contribution < 1.29 is 0 Å². The molecule has 1 aliphatic rings. The van der Waals surface area contributed by atoms with E-state index in [1.54, 1.807) is 0 Å². The lowest BCUT2D eigenvalue weighted by atomic mass is 10.0. The van der Waals surface area contributed by atoms with Crippen LogP contribution >= 0.6 is 15.9 Å². The molecule has 0 saturated carbocycles. The zero-order valence-electron chi connectivity index (χ0n) is 11.9. The average molecular weight is 325 g/mol. The minimum atomic E-state index is 0.688.